The van der Waals surface area contributed by atoms with Crippen LogP contribution in [0.3, 0.4) is 0 Å². The summed E-state index contributed by atoms with van der Waals surface area (Å²) in [6, 6.07) is 5.89. The van der Waals surface area contributed by atoms with Gasteiger partial charge in [0.05, 0.1) is 0 Å². The van der Waals surface area contributed by atoms with Gasteiger partial charge in [0.15, 0.2) is 5.65 Å². The Morgan fingerprint density at radius 3 is 3.06 bits per heavy atom. The Morgan fingerprint density at radius 2 is 2.11 bits per heavy atom. The van der Waals surface area contributed by atoms with Crippen molar-refractivity contribution < 1.29 is 0 Å². The van der Waals surface area contributed by atoms with Crippen LogP contribution in [0, 0.1) is 0 Å². The van der Waals surface area contributed by atoms with Gasteiger partial charge in [-0.3, -0.25) is 0 Å². The highest BCUT2D eigenvalue weighted by Crippen LogP contribution is 2.25. The summed E-state index contributed by atoms with van der Waals surface area (Å²) in [5.41, 5.74) is 1.92. The third-order valence-corrected chi connectivity index (χ3v) is 3.44. The summed E-state index contributed by atoms with van der Waals surface area (Å²) in [4.78, 5) is 10.9. The molecule has 5 heteroatoms. The first-order valence-corrected chi connectivity index (χ1v) is 6.59. The summed E-state index contributed by atoms with van der Waals surface area (Å²) < 4.78 is 0. The van der Waals surface area contributed by atoms with Crippen LogP contribution >= 0.6 is 11.6 Å². The molecule has 3 heterocycles. The molecule has 18 heavy (non-hydrogen) atoms. The van der Waals surface area contributed by atoms with Gasteiger partial charge in [0, 0.05) is 36.9 Å². The number of fused-ring (bicyclic) bond motifs is 1. The lowest BCUT2D eigenvalue weighted by molar-refractivity contribution is 0.724. The Kier molecular flexibility index (Phi) is 3.30. The highest BCUT2D eigenvalue weighted by Gasteiger charge is 2.13. The Bertz CT molecular complexity index is 550. The number of pyridine rings is 2. The molecule has 0 bridgehead atoms. The van der Waals surface area contributed by atoms with Gasteiger partial charge in [0.1, 0.15) is 5.15 Å². The molecule has 2 aromatic rings. The van der Waals surface area contributed by atoms with E-state index in [1.165, 1.54) is 5.69 Å². The largest absolute Gasteiger partial charge is 0.370 e. The maximum Gasteiger partial charge on any atom is 0.162 e. The molecule has 1 saturated heterocycles. The first-order chi connectivity index (χ1) is 8.84. The number of nitrogens with one attached hydrogen (secondary N) is 1. The molecule has 1 aliphatic heterocycles. The summed E-state index contributed by atoms with van der Waals surface area (Å²) in [5, 5.41) is 4.97. The predicted molar refractivity (Wildman–Crippen MR) is 74.2 cm³/mol. The highest BCUT2D eigenvalue weighted by atomic mass is 35.5. The maximum absolute atomic E-state index is 5.91. The van der Waals surface area contributed by atoms with Crippen LogP contribution in [-0.2, 0) is 0 Å². The molecular formula is C13H15ClN4. The van der Waals surface area contributed by atoms with Crippen LogP contribution < -0.4 is 10.2 Å². The average Bonchev–Trinajstić information content (AvgIpc) is 2.66. The minimum atomic E-state index is 0.490. The molecule has 0 atom stereocenters. The van der Waals surface area contributed by atoms with E-state index in [4.69, 9.17) is 11.6 Å². The monoisotopic (exact) mass is 262 g/mol. The fourth-order valence-corrected chi connectivity index (χ4v) is 2.50. The topological polar surface area (TPSA) is 41.0 Å². The summed E-state index contributed by atoms with van der Waals surface area (Å²) in [6.07, 6.45) is 2.96. The van der Waals surface area contributed by atoms with Gasteiger partial charge >= 0.3 is 0 Å². The van der Waals surface area contributed by atoms with Crippen LogP contribution in [0.2, 0.25) is 5.15 Å². The molecule has 2 aromatic heterocycles. The molecule has 3 rings (SSSR count). The molecule has 0 unspecified atom stereocenters. The van der Waals surface area contributed by atoms with E-state index in [1.54, 1.807) is 6.20 Å². The molecule has 1 aliphatic rings. The lowest BCUT2D eigenvalue weighted by atomic mass is 10.2. The Labute approximate surface area is 111 Å². The van der Waals surface area contributed by atoms with Gasteiger partial charge in [-0.2, -0.15) is 0 Å². The third kappa shape index (κ3) is 2.26. The first kappa shape index (κ1) is 11.7. The van der Waals surface area contributed by atoms with Crippen LogP contribution in [-0.4, -0.2) is 36.1 Å². The minimum absolute atomic E-state index is 0.490. The number of hydrogen-bond donors (Lipinski definition) is 1. The zero-order valence-corrected chi connectivity index (χ0v) is 10.8. The zero-order valence-electron chi connectivity index (χ0n) is 10.1. The van der Waals surface area contributed by atoms with Gasteiger partial charge in [-0.1, -0.05) is 11.6 Å². The SMILES string of the molecule is Clc1ccc2c(N3CCCNCC3)ccnc2n1. The van der Waals surface area contributed by atoms with Crippen LogP contribution in [0.4, 0.5) is 5.69 Å². The quantitative estimate of drug-likeness (QED) is 0.799. The predicted octanol–water partition coefficient (Wildman–Crippen LogP) is 2.08. The summed E-state index contributed by atoms with van der Waals surface area (Å²) in [6.45, 7) is 4.19. The molecule has 1 N–H and O–H groups in total. The maximum atomic E-state index is 5.91. The number of anilines is 1. The molecule has 0 radical (unpaired) electrons. The fourth-order valence-electron chi connectivity index (χ4n) is 2.35. The lowest BCUT2D eigenvalue weighted by Crippen LogP contribution is -2.28. The Morgan fingerprint density at radius 1 is 1.17 bits per heavy atom. The van der Waals surface area contributed by atoms with Crippen molar-refractivity contribution in [3.63, 3.8) is 0 Å². The second-order valence-corrected chi connectivity index (χ2v) is 4.81. The van der Waals surface area contributed by atoms with Crippen molar-refractivity contribution in [2.75, 3.05) is 31.1 Å². The standard InChI is InChI=1S/C13H15ClN4/c14-12-3-2-10-11(4-6-16-13(10)17-12)18-8-1-5-15-7-9-18/h2-4,6,15H,1,5,7-9H2. The third-order valence-electron chi connectivity index (χ3n) is 3.23. The van der Waals surface area contributed by atoms with Crippen molar-refractivity contribution in [2.24, 2.45) is 0 Å². The Balaban J connectivity index is 2.04. The molecule has 0 amide bonds. The van der Waals surface area contributed by atoms with Crippen molar-refractivity contribution >= 4 is 28.3 Å². The van der Waals surface area contributed by atoms with Crippen LogP contribution in [0.25, 0.3) is 11.0 Å². The van der Waals surface area contributed by atoms with Gasteiger partial charge in [-0.15, -0.1) is 0 Å². The van der Waals surface area contributed by atoms with Gasteiger partial charge in [-0.25, -0.2) is 9.97 Å². The van der Waals surface area contributed by atoms with Crippen molar-refractivity contribution in [1.82, 2.24) is 15.3 Å². The molecule has 0 aromatic carbocycles. The minimum Gasteiger partial charge on any atom is -0.370 e. The smallest absolute Gasteiger partial charge is 0.162 e. The van der Waals surface area contributed by atoms with Crippen molar-refractivity contribution in [1.29, 1.82) is 0 Å². The van der Waals surface area contributed by atoms with Crippen LogP contribution in [0.15, 0.2) is 24.4 Å². The normalized spacial score (nSPS) is 16.8. The van der Waals surface area contributed by atoms with E-state index in [-0.39, 0.29) is 0 Å². The van der Waals surface area contributed by atoms with Gasteiger partial charge in [0.25, 0.3) is 0 Å². The van der Waals surface area contributed by atoms with E-state index in [9.17, 15) is 0 Å². The summed E-state index contributed by atoms with van der Waals surface area (Å²) in [5.74, 6) is 0. The van der Waals surface area contributed by atoms with Crippen LogP contribution in [0.1, 0.15) is 6.42 Å². The Hall–Kier alpha value is -1.39. The van der Waals surface area contributed by atoms with E-state index in [0.29, 0.717) is 5.15 Å². The zero-order chi connectivity index (χ0) is 12.4. The average molecular weight is 263 g/mol. The number of hydrogen-bond acceptors (Lipinski definition) is 4. The van der Waals surface area contributed by atoms with Gasteiger partial charge in [0.2, 0.25) is 0 Å². The first-order valence-electron chi connectivity index (χ1n) is 6.21. The van der Waals surface area contributed by atoms with E-state index < -0.39 is 0 Å². The van der Waals surface area contributed by atoms with E-state index in [2.05, 4.69) is 26.3 Å². The number of aromatic nitrogens is 2. The number of halogens is 1. The van der Waals surface area contributed by atoms with Crippen molar-refractivity contribution in [2.45, 2.75) is 6.42 Å². The molecule has 0 spiro atoms. The molecule has 4 nitrogen and oxygen atoms in total. The van der Waals surface area contributed by atoms with Gasteiger partial charge < -0.3 is 10.2 Å². The number of rotatable bonds is 1. The molecule has 0 aliphatic carbocycles. The second kappa shape index (κ2) is 5.08. The number of nitrogens with zero attached hydrogens (tertiary/aromatic N) is 3. The summed E-state index contributed by atoms with van der Waals surface area (Å²) in [7, 11) is 0. The van der Waals surface area contributed by atoms with Gasteiger partial charge in [-0.05, 0) is 31.2 Å². The molecule has 1 fully saturated rings. The molecule has 0 saturated carbocycles. The molecule has 94 valence electrons. The van der Waals surface area contributed by atoms with Crippen molar-refractivity contribution in [3.8, 4) is 0 Å². The fraction of sp³-hybridized carbons (Fsp3) is 0.385. The van der Waals surface area contributed by atoms with E-state index in [1.807, 2.05) is 12.1 Å². The highest BCUT2D eigenvalue weighted by molar-refractivity contribution is 6.29. The van der Waals surface area contributed by atoms with Crippen LogP contribution in [0.5, 0.6) is 0 Å². The second-order valence-electron chi connectivity index (χ2n) is 4.43. The summed E-state index contributed by atoms with van der Waals surface area (Å²) >= 11 is 5.91. The van der Waals surface area contributed by atoms with Crippen molar-refractivity contribution in [3.05, 3.63) is 29.5 Å². The lowest BCUT2D eigenvalue weighted by Gasteiger charge is -2.23. The van der Waals surface area contributed by atoms with E-state index >= 15 is 0 Å². The molecular weight excluding hydrogens is 248 g/mol. The van der Waals surface area contributed by atoms with E-state index in [0.717, 1.165) is 43.6 Å².